The Labute approximate surface area is 216 Å². The van der Waals surface area contributed by atoms with E-state index in [0.717, 1.165) is 29.3 Å². The highest BCUT2D eigenvalue weighted by molar-refractivity contribution is 6.03. The van der Waals surface area contributed by atoms with E-state index in [4.69, 9.17) is 18.9 Å². The van der Waals surface area contributed by atoms with Crippen LogP contribution in [-0.2, 0) is 22.6 Å². The van der Waals surface area contributed by atoms with Crippen molar-refractivity contribution in [1.82, 2.24) is 14.8 Å². The Morgan fingerprint density at radius 3 is 2.68 bits per heavy atom. The molecule has 2 amide bonds. The van der Waals surface area contributed by atoms with Crippen LogP contribution in [0.15, 0.2) is 42.5 Å². The van der Waals surface area contributed by atoms with Crippen LogP contribution in [0, 0.1) is 0 Å². The van der Waals surface area contributed by atoms with Crippen molar-refractivity contribution in [2.75, 3.05) is 34.5 Å². The standard InChI is InChI=1S/C28H33N3O6/c1-28(27(33)29-15-21-8-6-12-37-21)17-30-22-14-20(34-2)11-10-18(22)13-23(30)26(32)31(28)16-19-7-5-9-24(35-3)25(19)36-4/h5,7,9-11,13-14,21H,6,8,12,15-17H2,1-4H3,(H,29,33). The fraction of sp³-hybridized carbons (Fsp3) is 0.429. The van der Waals surface area contributed by atoms with Crippen molar-refractivity contribution in [3.63, 3.8) is 0 Å². The molecule has 0 saturated carbocycles. The van der Waals surface area contributed by atoms with Crippen LogP contribution in [0.1, 0.15) is 35.8 Å². The van der Waals surface area contributed by atoms with Gasteiger partial charge in [0, 0.05) is 30.2 Å². The molecule has 3 aromatic rings. The smallest absolute Gasteiger partial charge is 0.271 e. The van der Waals surface area contributed by atoms with E-state index in [1.807, 2.05) is 47.9 Å². The van der Waals surface area contributed by atoms with Gasteiger partial charge in [0.25, 0.3) is 5.91 Å². The van der Waals surface area contributed by atoms with Gasteiger partial charge in [-0.2, -0.15) is 0 Å². The number of para-hydroxylation sites is 1. The zero-order chi connectivity index (χ0) is 26.2. The van der Waals surface area contributed by atoms with Crippen molar-refractivity contribution in [2.45, 2.75) is 44.5 Å². The minimum Gasteiger partial charge on any atom is -0.497 e. The fourth-order valence-corrected chi connectivity index (χ4v) is 5.36. The number of amides is 2. The van der Waals surface area contributed by atoms with Gasteiger partial charge in [0.2, 0.25) is 5.91 Å². The number of methoxy groups -OCH3 is 3. The summed E-state index contributed by atoms with van der Waals surface area (Å²) < 4.78 is 24.2. The summed E-state index contributed by atoms with van der Waals surface area (Å²) in [6, 6.07) is 13.1. The molecule has 9 nitrogen and oxygen atoms in total. The molecule has 2 aromatic carbocycles. The molecule has 0 aliphatic carbocycles. The van der Waals surface area contributed by atoms with Crippen molar-refractivity contribution in [2.24, 2.45) is 0 Å². The Morgan fingerprint density at radius 1 is 1.14 bits per heavy atom. The molecule has 2 atom stereocenters. The maximum Gasteiger partial charge on any atom is 0.271 e. The van der Waals surface area contributed by atoms with Gasteiger partial charge in [-0.3, -0.25) is 9.59 Å². The lowest BCUT2D eigenvalue weighted by atomic mass is 9.93. The second-order valence-corrected chi connectivity index (χ2v) is 9.70. The summed E-state index contributed by atoms with van der Waals surface area (Å²) in [5, 5.41) is 3.97. The molecule has 3 heterocycles. The molecule has 1 N–H and O–H groups in total. The van der Waals surface area contributed by atoms with E-state index in [1.165, 1.54) is 0 Å². The van der Waals surface area contributed by atoms with E-state index in [1.54, 1.807) is 32.3 Å². The second kappa shape index (κ2) is 9.97. The van der Waals surface area contributed by atoms with E-state index in [-0.39, 0.29) is 31.0 Å². The average Bonchev–Trinajstić information content (AvgIpc) is 3.57. The van der Waals surface area contributed by atoms with E-state index in [0.29, 0.717) is 36.1 Å². The molecule has 0 radical (unpaired) electrons. The number of hydrogen-bond acceptors (Lipinski definition) is 6. The number of nitrogens with zero attached hydrogens (tertiary/aromatic N) is 2. The summed E-state index contributed by atoms with van der Waals surface area (Å²) in [7, 11) is 4.75. The SMILES string of the molecule is COc1ccc2cc3n(c2c1)CC(C)(C(=O)NCC1CCCO1)N(Cc1cccc(OC)c1OC)C3=O. The van der Waals surface area contributed by atoms with E-state index in [2.05, 4.69) is 5.32 Å². The van der Waals surface area contributed by atoms with Crippen LogP contribution in [0.3, 0.4) is 0 Å². The third-order valence-corrected chi connectivity index (χ3v) is 7.45. The van der Waals surface area contributed by atoms with Crippen LogP contribution >= 0.6 is 0 Å². The summed E-state index contributed by atoms with van der Waals surface area (Å²) >= 11 is 0. The number of nitrogens with one attached hydrogen (secondary N) is 1. The average molecular weight is 508 g/mol. The molecular formula is C28H33N3O6. The van der Waals surface area contributed by atoms with Gasteiger partial charge < -0.3 is 33.7 Å². The quantitative estimate of drug-likeness (QED) is 0.503. The molecule has 9 heteroatoms. The number of rotatable bonds is 8. The topological polar surface area (TPSA) is 91.3 Å². The lowest BCUT2D eigenvalue weighted by Gasteiger charge is -2.44. The number of ether oxygens (including phenoxy) is 4. The highest BCUT2D eigenvalue weighted by Gasteiger charge is 2.48. The summed E-state index contributed by atoms with van der Waals surface area (Å²) in [6.07, 6.45) is 1.89. The first-order valence-electron chi connectivity index (χ1n) is 12.5. The number of fused-ring (bicyclic) bond motifs is 3. The number of carbonyl (C=O) groups is 2. The van der Waals surface area contributed by atoms with Crippen molar-refractivity contribution >= 4 is 22.7 Å². The normalized spacial score (nSPS) is 21.1. The predicted octanol–water partition coefficient (Wildman–Crippen LogP) is 3.38. The highest BCUT2D eigenvalue weighted by atomic mass is 16.5. The van der Waals surface area contributed by atoms with Gasteiger partial charge in [-0.05, 0) is 44.0 Å². The van der Waals surface area contributed by atoms with Crippen LogP contribution in [0.2, 0.25) is 0 Å². The predicted molar refractivity (Wildman–Crippen MR) is 138 cm³/mol. The molecule has 5 rings (SSSR count). The maximum absolute atomic E-state index is 14.1. The largest absolute Gasteiger partial charge is 0.497 e. The van der Waals surface area contributed by atoms with Crippen molar-refractivity contribution in [3.05, 3.63) is 53.7 Å². The molecular weight excluding hydrogens is 474 g/mol. The van der Waals surface area contributed by atoms with Crippen molar-refractivity contribution in [3.8, 4) is 17.2 Å². The molecule has 2 aliphatic heterocycles. The van der Waals surface area contributed by atoms with E-state index < -0.39 is 5.54 Å². The summed E-state index contributed by atoms with van der Waals surface area (Å²) in [6.45, 7) is 3.39. The first-order chi connectivity index (χ1) is 17.9. The van der Waals surface area contributed by atoms with Crippen LogP contribution < -0.4 is 19.5 Å². The molecule has 2 unspecified atom stereocenters. The van der Waals surface area contributed by atoms with Gasteiger partial charge in [0.1, 0.15) is 17.0 Å². The maximum atomic E-state index is 14.1. The Hall–Kier alpha value is -3.72. The minimum absolute atomic E-state index is 0.00833. The van der Waals surface area contributed by atoms with Gasteiger partial charge in [-0.1, -0.05) is 12.1 Å². The first-order valence-corrected chi connectivity index (χ1v) is 12.5. The number of hydrogen-bond donors (Lipinski definition) is 1. The molecule has 1 fully saturated rings. The molecule has 0 spiro atoms. The zero-order valence-electron chi connectivity index (χ0n) is 21.7. The van der Waals surface area contributed by atoms with Gasteiger partial charge in [-0.15, -0.1) is 0 Å². The lowest BCUT2D eigenvalue weighted by Crippen LogP contribution is -2.64. The Balaban J connectivity index is 1.57. The molecule has 2 aliphatic rings. The molecule has 37 heavy (non-hydrogen) atoms. The van der Waals surface area contributed by atoms with Crippen LogP contribution in [0.5, 0.6) is 17.2 Å². The minimum atomic E-state index is -1.17. The van der Waals surface area contributed by atoms with E-state index >= 15 is 0 Å². The lowest BCUT2D eigenvalue weighted by molar-refractivity contribution is -0.133. The zero-order valence-corrected chi connectivity index (χ0v) is 21.7. The van der Waals surface area contributed by atoms with Gasteiger partial charge in [0.15, 0.2) is 11.5 Å². The van der Waals surface area contributed by atoms with Gasteiger partial charge in [-0.25, -0.2) is 0 Å². The Bertz CT molecular complexity index is 1330. The van der Waals surface area contributed by atoms with Crippen LogP contribution in [0.4, 0.5) is 0 Å². The molecule has 196 valence electrons. The highest BCUT2D eigenvalue weighted by Crippen LogP contribution is 2.38. The summed E-state index contributed by atoms with van der Waals surface area (Å²) in [4.78, 5) is 29.6. The summed E-state index contributed by atoms with van der Waals surface area (Å²) in [5.41, 5.74) is 0.944. The van der Waals surface area contributed by atoms with Crippen molar-refractivity contribution in [1.29, 1.82) is 0 Å². The molecule has 1 saturated heterocycles. The Morgan fingerprint density at radius 2 is 1.97 bits per heavy atom. The number of aromatic nitrogens is 1. The second-order valence-electron chi connectivity index (χ2n) is 9.70. The number of carbonyl (C=O) groups excluding carboxylic acids is 2. The first kappa shape index (κ1) is 25.0. The van der Waals surface area contributed by atoms with E-state index in [9.17, 15) is 9.59 Å². The Kier molecular flexibility index (Phi) is 6.72. The third kappa shape index (κ3) is 4.37. The van der Waals surface area contributed by atoms with Gasteiger partial charge >= 0.3 is 0 Å². The number of benzene rings is 2. The summed E-state index contributed by atoms with van der Waals surface area (Å²) in [5.74, 6) is 1.33. The van der Waals surface area contributed by atoms with Crippen LogP contribution in [-0.4, -0.2) is 67.4 Å². The molecule has 0 bridgehead atoms. The third-order valence-electron chi connectivity index (χ3n) is 7.45. The van der Waals surface area contributed by atoms with Gasteiger partial charge in [0.05, 0.1) is 46.0 Å². The molecule has 1 aromatic heterocycles. The monoisotopic (exact) mass is 507 g/mol. The van der Waals surface area contributed by atoms with Crippen LogP contribution in [0.25, 0.3) is 10.9 Å². The van der Waals surface area contributed by atoms with Crippen molar-refractivity contribution < 1.29 is 28.5 Å². The fourth-order valence-electron chi connectivity index (χ4n) is 5.36.